The third kappa shape index (κ3) is 4.35. The molecule has 0 aromatic heterocycles. The molecule has 1 aromatic rings. The second-order valence-electron chi connectivity index (χ2n) is 6.84. The lowest BCUT2D eigenvalue weighted by atomic mass is 10.0. The molecule has 6 nitrogen and oxygen atoms in total. The lowest BCUT2D eigenvalue weighted by Crippen LogP contribution is -2.48. The number of benzene rings is 1. The summed E-state index contributed by atoms with van der Waals surface area (Å²) in [6.07, 6.45) is 1.11. The standard InChI is InChI=1S/C18H25F2N3O3/c1-25-14-7-13(8-15(9-14)26-2)22-12-3-5-23(6-4-12)17(24)16-10-18(19,20)11-21-16/h7-9,12,16,21-22H,3-6,10-11H2,1-2H3. The van der Waals surface area contributed by atoms with Crippen molar-refractivity contribution in [2.24, 2.45) is 0 Å². The highest BCUT2D eigenvalue weighted by Crippen LogP contribution is 2.29. The minimum absolute atomic E-state index is 0.203. The van der Waals surface area contributed by atoms with Gasteiger partial charge in [-0.2, -0.15) is 0 Å². The van der Waals surface area contributed by atoms with Gasteiger partial charge in [-0.3, -0.25) is 10.1 Å². The highest BCUT2D eigenvalue weighted by molar-refractivity contribution is 5.82. The molecule has 8 heteroatoms. The van der Waals surface area contributed by atoms with Crippen molar-refractivity contribution in [2.45, 2.75) is 37.3 Å². The van der Waals surface area contributed by atoms with Gasteiger partial charge in [0.2, 0.25) is 5.91 Å². The number of rotatable bonds is 5. The van der Waals surface area contributed by atoms with Crippen molar-refractivity contribution < 1.29 is 23.0 Å². The average Bonchev–Trinajstić information content (AvgIpc) is 3.01. The Balaban J connectivity index is 1.53. The van der Waals surface area contributed by atoms with Gasteiger partial charge in [-0.15, -0.1) is 0 Å². The van der Waals surface area contributed by atoms with Crippen LogP contribution in [0.5, 0.6) is 11.5 Å². The van der Waals surface area contributed by atoms with Crippen molar-refractivity contribution in [3.8, 4) is 11.5 Å². The lowest BCUT2D eigenvalue weighted by molar-refractivity contribution is -0.134. The topological polar surface area (TPSA) is 62.8 Å². The Morgan fingerprint density at radius 2 is 1.81 bits per heavy atom. The number of alkyl halides is 2. The second-order valence-corrected chi connectivity index (χ2v) is 6.84. The molecule has 0 spiro atoms. The van der Waals surface area contributed by atoms with Crippen molar-refractivity contribution in [3.63, 3.8) is 0 Å². The molecule has 2 aliphatic heterocycles. The number of nitrogens with one attached hydrogen (secondary N) is 2. The Bertz CT molecular complexity index is 626. The van der Waals surface area contributed by atoms with Crippen LogP contribution < -0.4 is 20.1 Å². The first-order valence-electron chi connectivity index (χ1n) is 8.80. The molecular formula is C18H25F2N3O3. The Morgan fingerprint density at radius 3 is 2.31 bits per heavy atom. The van der Waals surface area contributed by atoms with Gasteiger partial charge in [-0.1, -0.05) is 0 Å². The quantitative estimate of drug-likeness (QED) is 0.832. The van der Waals surface area contributed by atoms with Gasteiger partial charge in [0.05, 0.1) is 26.8 Å². The number of likely N-dealkylation sites (tertiary alicyclic amines) is 1. The summed E-state index contributed by atoms with van der Waals surface area (Å²) < 4.78 is 37.1. The van der Waals surface area contributed by atoms with Gasteiger partial charge in [-0.05, 0) is 12.8 Å². The van der Waals surface area contributed by atoms with Gasteiger partial charge in [0.25, 0.3) is 5.92 Å². The van der Waals surface area contributed by atoms with Crippen molar-refractivity contribution in [2.75, 3.05) is 39.2 Å². The Hall–Kier alpha value is -2.09. The molecule has 1 unspecified atom stereocenters. The van der Waals surface area contributed by atoms with Crippen molar-refractivity contribution in [3.05, 3.63) is 18.2 Å². The van der Waals surface area contributed by atoms with Gasteiger partial charge in [-0.25, -0.2) is 8.78 Å². The van der Waals surface area contributed by atoms with E-state index in [1.165, 1.54) is 0 Å². The molecule has 3 rings (SSSR count). The molecule has 0 aliphatic carbocycles. The third-order valence-corrected chi connectivity index (χ3v) is 4.94. The number of carbonyl (C=O) groups is 1. The number of methoxy groups -OCH3 is 2. The average molecular weight is 369 g/mol. The molecule has 2 heterocycles. The zero-order valence-electron chi connectivity index (χ0n) is 15.1. The molecule has 0 bridgehead atoms. The van der Waals surface area contributed by atoms with Crippen molar-refractivity contribution in [1.82, 2.24) is 10.2 Å². The molecule has 1 amide bonds. The number of ether oxygens (including phenoxy) is 2. The normalized spacial score (nSPS) is 22.9. The molecular weight excluding hydrogens is 344 g/mol. The molecule has 2 fully saturated rings. The van der Waals surface area contributed by atoms with Gasteiger partial charge in [0.15, 0.2) is 0 Å². The number of anilines is 1. The van der Waals surface area contributed by atoms with Crippen LogP contribution >= 0.6 is 0 Å². The molecule has 0 radical (unpaired) electrons. The van der Waals surface area contributed by atoms with E-state index < -0.39 is 24.9 Å². The van der Waals surface area contributed by atoms with Crippen molar-refractivity contribution in [1.29, 1.82) is 0 Å². The first-order valence-corrected chi connectivity index (χ1v) is 8.80. The van der Waals surface area contributed by atoms with Crippen LogP contribution in [0.15, 0.2) is 18.2 Å². The minimum atomic E-state index is -2.79. The number of hydrogen-bond acceptors (Lipinski definition) is 5. The van der Waals surface area contributed by atoms with Crippen LogP contribution in [0.3, 0.4) is 0 Å². The molecule has 2 saturated heterocycles. The summed E-state index contributed by atoms with van der Waals surface area (Å²) in [4.78, 5) is 14.1. The highest BCUT2D eigenvalue weighted by atomic mass is 19.3. The summed E-state index contributed by atoms with van der Waals surface area (Å²) in [5.74, 6) is -1.60. The smallest absolute Gasteiger partial charge is 0.262 e. The zero-order valence-corrected chi connectivity index (χ0v) is 15.1. The number of nitrogens with zero attached hydrogens (tertiary/aromatic N) is 1. The van der Waals surface area contributed by atoms with Crippen LogP contribution in [0.25, 0.3) is 0 Å². The van der Waals surface area contributed by atoms with Gasteiger partial charge in [0, 0.05) is 49.4 Å². The van der Waals surface area contributed by atoms with E-state index in [9.17, 15) is 13.6 Å². The summed E-state index contributed by atoms with van der Waals surface area (Å²) in [6, 6.07) is 5.03. The van der Waals surface area contributed by atoms with E-state index in [4.69, 9.17) is 9.47 Å². The van der Waals surface area contributed by atoms with Crippen LogP contribution in [0, 0.1) is 0 Å². The summed E-state index contributed by atoms with van der Waals surface area (Å²) in [5.41, 5.74) is 0.892. The number of halogens is 2. The fraction of sp³-hybridized carbons (Fsp3) is 0.611. The molecule has 26 heavy (non-hydrogen) atoms. The maximum Gasteiger partial charge on any atom is 0.262 e. The van der Waals surface area contributed by atoms with Gasteiger partial charge >= 0.3 is 0 Å². The molecule has 2 N–H and O–H groups in total. The molecule has 144 valence electrons. The number of piperidine rings is 1. The van der Waals surface area contributed by atoms with E-state index in [-0.39, 0.29) is 11.9 Å². The van der Waals surface area contributed by atoms with E-state index in [1.807, 2.05) is 12.1 Å². The fourth-order valence-corrected chi connectivity index (χ4v) is 3.48. The van der Waals surface area contributed by atoms with Gasteiger partial charge < -0.3 is 19.7 Å². The lowest BCUT2D eigenvalue weighted by Gasteiger charge is -2.34. The third-order valence-electron chi connectivity index (χ3n) is 4.94. The summed E-state index contributed by atoms with van der Waals surface area (Å²) in [5, 5.41) is 6.07. The molecule has 1 atom stereocenters. The monoisotopic (exact) mass is 369 g/mol. The molecule has 0 saturated carbocycles. The largest absolute Gasteiger partial charge is 0.497 e. The minimum Gasteiger partial charge on any atom is -0.497 e. The van der Waals surface area contributed by atoms with E-state index in [0.29, 0.717) is 24.6 Å². The van der Waals surface area contributed by atoms with Crippen molar-refractivity contribution >= 4 is 11.6 Å². The van der Waals surface area contributed by atoms with E-state index in [1.54, 1.807) is 25.2 Å². The van der Waals surface area contributed by atoms with Crippen LogP contribution in [0.4, 0.5) is 14.5 Å². The predicted octanol–water partition coefficient (Wildman–Crippen LogP) is 2.10. The van der Waals surface area contributed by atoms with E-state index in [2.05, 4.69) is 10.6 Å². The highest BCUT2D eigenvalue weighted by Gasteiger charge is 2.43. The number of carbonyl (C=O) groups excluding carboxylic acids is 1. The van der Waals surface area contributed by atoms with Crippen LogP contribution in [-0.4, -0.2) is 62.7 Å². The maximum atomic E-state index is 13.3. The second kappa shape index (κ2) is 7.65. The molecule has 2 aliphatic rings. The maximum absolute atomic E-state index is 13.3. The Labute approximate surface area is 151 Å². The first-order chi connectivity index (χ1) is 12.4. The Kier molecular flexibility index (Phi) is 5.50. The summed E-state index contributed by atoms with van der Waals surface area (Å²) in [6.45, 7) is 0.696. The van der Waals surface area contributed by atoms with E-state index in [0.717, 1.165) is 18.5 Å². The van der Waals surface area contributed by atoms with Gasteiger partial charge in [0.1, 0.15) is 11.5 Å². The van der Waals surface area contributed by atoms with Crippen LogP contribution in [0.2, 0.25) is 0 Å². The number of amides is 1. The predicted molar refractivity (Wildman–Crippen MR) is 94.1 cm³/mol. The zero-order chi connectivity index (χ0) is 18.7. The fourth-order valence-electron chi connectivity index (χ4n) is 3.48. The van der Waals surface area contributed by atoms with E-state index >= 15 is 0 Å². The summed E-state index contributed by atoms with van der Waals surface area (Å²) >= 11 is 0. The van der Waals surface area contributed by atoms with Crippen LogP contribution in [0.1, 0.15) is 19.3 Å². The van der Waals surface area contributed by atoms with Crippen LogP contribution in [-0.2, 0) is 4.79 Å². The Morgan fingerprint density at radius 1 is 1.19 bits per heavy atom. The summed E-state index contributed by atoms with van der Waals surface area (Å²) in [7, 11) is 3.20. The first kappa shape index (κ1) is 18.7. The SMILES string of the molecule is COc1cc(NC2CCN(C(=O)C3CC(F)(F)CN3)CC2)cc(OC)c1. The number of hydrogen-bond donors (Lipinski definition) is 2. The molecule has 1 aromatic carbocycles.